The van der Waals surface area contributed by atoms with Crippen LogP contribution in [0.4, 0.5) is 0 Å². The molecule has 0 rings (SSSR count). The maximum atomic E-state index is 10.6. The molecule has 0 aromatic rings. The number of rotatable bonds is 4. The average Bonchev–Trinajstić information content (AvgIpc) is 2.04. The molecule has 2 amide bonds. The van der Waals surface area contributed by atoms with E-state index >= 15 is 0 Å². The van der Waals surface area contributed by atoms with Crippen LogP contribution in [0.3, 0.4) is 0 Å². The fraction of sp³-hybridized carbons (Fsp3) is 0.667. The largest absolute Gasteiger partial charge is 0.359 e. The zero-order valence-corrected chi connectivity index (χ0v) is 7.28. The van der Waals surface area contributed by atoms with Crippen LogP contribution in [0.1, 0.15) is 19.3 Å². The van der Waals surface area contributed by atoms with Crippen LogP contribution >= 0.6 is 12.8 Å². The topological polar surface area (TPSA) is 58.2 Å². The van der Waals surface area contributed by atoms with Crippen molar-refractivity contribution in [3.05, 3.63) is 0 Å². The van der Waals surface area contributed by atoms with Crippen molar-refractivity contribution >= 4 is 24.6 Å². The van der Waals surface area contributed by atoms with Crippen molar-refractivity contribution in [2.24, 2.45) is 0 Å². The summed E-state index contributed by atoms with van der Waals surface area (Å²) >= 11 is 3.56. The molecule has 0 aliphatic heterocycles. The summed E-state index contributed by atoms with van der Waals surface area (Å²) in [6.45, 7) is 0. The molecule has 0 unspecified atom stereocenters. The van der Waals surface area contributed by atoms with Crippen LogP contribution in [0.25, 0.3) is 0 Å². The van der Waals surface area contributed by atoms with Crippen LogP contribution < -0.4 is 10.0 Å². The van der Waals surface area contributed by atoms with Gasteiger partial charge in [-0.2, -0.15) is 0 Å². The molecule has 0 aliphatic carbocycles. The van der Waals surface area contributed by atoms with E-state index in [2.05, 4.69) is 22.9 Å². The predicted octanol–water partition coefficient (Wildman–Crippen LogP) is -0.136. The molecule has 64 valence electrons. The standard InChI is InChI=1S/C6H12N2O2S/c1-7-5(9)3-2-4-6(10)8-11/h11H,2-4H2,1H3,(H,7,9)(H,8,10). The molecule has 0 fully saturated rings. The minimum Gasteiger partial charge on any atom is -0.359 e. The van der Waals surface area contributed by atoms with Crippen molar-refractivity contribution in [2.45, 2.75) is 19.3 Å². The predicted molar refractivity (Wildman–Crippen MR) is 45.0 cm³/mol. The molecule has 11 heavy (non-hydrogen) atoms. The smallest absolute Gasteiger partial charge is 0.229 e. The highest BCUT2D eigenvalue weighted by Gasteiger charge is 2.01. The van der Waals surface area contributed by atoms with Gasteiger partial charge in [0, 0.05) is 19.9 Å². The van der Waals surface area contributed by atoms with Gasteiger partial charge >= 0.3 is 0 Å². The van der Waals surface area contributed by atoms with Gasteiger partial charge in [-0.1, -0.05) is 12.8 Å². The van der Waals surface area contributed by atoms with Gasteiger partial charge in [0.25, 0.3) is 0 Å². The number of hydrogen-bond donors (Lipinski definition) is 3. The van der Waals surface area contributed by atoms with Gasteiger partial charge in [-0.3, -0.25) is 9.59 Å². The molecule has 5 heteroatoms. The van der Waals surface area contributed by atoms with E-state index in [0.29, 0.717) is 19.3 Å². The first-order valence-corrected chi connectivity index (χ1v) is 3.79. The van der Waals surface area contributed by atoms with E-state index in [1.54, 1.807) is 7.05 Å². The van der Waals surface area contributed by atoms with E-state index in [0.717, 1.165) is 0 Å². The van der Waals surface area contributed by atoms with Crippen molar-refractivity contribution in [3.63, 3.8) is 0 Å². The van der Waals surface area contributed by atoms with Crippen LogP contribution in [-0.2, 0) is 9.59 Å². The fourth-order valence-electron chi connectivity index (χ4n) is 0.590. The van der Waals surface area contributed by atoms with E-state index in [1.165, 1.54) is 0 Å². The quantitative estimate of drug-likeness (QED) is 0.522. The van der Waals surface area contributed by atoms with Crippen LogP contribution in [0.15, 0.2) is 0 Å². The SMILES string of the molecule is CNC(=O)CCCC(=O)NS. The van der Waals surface area contributed by atoms with Crippen molar-refractivity contribution in [1.82, 2.24) is 10.0 Å². The van der Waals surface area contributed by atoms with Gasteiger partial charge in [0.15, 0.2) is 0 Å². The molecule has 2 N–H and O–H groups in total. The number of nitrogens with one attached hydrogen (secondary N) is 2. The Morgan fingerprint density at radius 1 is 1.27 bits per heavy atom. The molecule has 0 heterocycles. The molecular formula is C6H12N2O2S. The summed E-state index contributed by atoms with van der Waals surface area (Å²) in [5.74, 6) is -0.200. The first kappa shape index (κ1) is 10.3. The molecule has 0 aromatic carbocycles. The molecule has 4 nitrogen and oxygen atoms in total. The zero-order valence-electron chi connectivity index (χ0n) is 6.39. The number of carbonyl (C=O) groups is 2. The van der Waals surface area contributed by atoms with E-state index in [-0.39, 0.29) is 11.8 Å². The maximum absolute atomic E-state index is 10.6. The van der Waals surface area contributed by atoms with Crippen molar-refractivity contribution in [3.8, 4) is 0 Å². The second-order valence-corrected chi connectivity index (χ2v) is 2.29. The zero-order chi connectivity index (χ0) is 8.69. The van der Waals surface area contributed by atoms with Gasteiger partial charge in [-0.15, -0.1) is 0 Å². The third kappa shape index (κ3) is 5.72. The number of amides is 2. The van der Waals surface area contributed by atoms with Crippen LogP contribution in [0.2, 0.25) is 0 Å². The highest BCUT2D eigenvalue weighted by atomic mass is 32.1. The van der Waals surface area contributed by atoms with Crippen molar-refractivity contribution in [2.75, 3.05) is 7.05 Å². The summed E-state index contributed by atoms with van der Waals surface area (Å²) in [5, 5.41) is 2.47. The average molecular weight is 176 g/mol. The van der Waals surface area contributed by atoms with Gasteiger partial charge < -0.3 is 10.0 Å². The number of hydrogen-bond acceptors (Lipinski definition) is 3. The van der Waals surface area contributed by atoms with Gasteiger partial charge in [-0.25, -0.2) is 0 Å². The summed E-state index contributed by atoms with van der Waals surface area (Å²) in [6, 6.07) is 0. The fourth-order valence-corrected chi connectivity index (χ4v) is 0.702. The molecule has 0 saturated carbocycles. The molecule has 0 atom stereocenters. The summed E-state index contributed by atoms with van der Waals surface area (Å²) < 4.78 is 2.18. The summed E-state index contributed by atoms with van der Waals surface area (Å²) in [7, 11) is 1.57. The van der Waals surface area contributed by atoms with Crippen molar-refractivity contribution < 1.29 is 9.59 Å². The third-order valence-corrected chi connectivity index (χ3v) is 1.46. The molecule has 0 aromatic heterocycles. The summed E-state index contributed by atoms with van der Waals surface area (Å²) in [6.07, 6.45) is 1.29. The Balaban J connectivity index is 3.27. The van der Waals surface area contributed by atoms with Gasteiger partial charge in [0.05, 0.1) is 0 Å². The summed E-state index contributed by atoms with van der Waals surface area (Å²) in [5.41, 5.74) is 0. The second-order valence-electron chi connectivity index (χ2n) is 2.06. The Morgan fingerprint density at radius 2 is 1.82 bits per heavy atom. The maximum Gasteiger partial charge on any atom is 0.229 e. The van der Waals surface area contributed by atoms with E-state index in [1.807, 2.05) is 0 Å². The molecular weight excluding hydrogens is 164 g/mol. The van der Waals surface area contributed by atoms with Crippen molar-refractivity contribution in [1.29, 1.82) is 0 Å². The lowest BCUT2D eigenvalue weighted by molar-refractivity contribution is -0.121. The van der Waals surface area contributed by atoms with Crippen LogP contribution in [0.5, 0.6) is 0 Å². The monoisotopic (exact) mass is 176 g/mol. The molecule has 0 saturated heterocycles. The first-order valence-electron chi connectivity index (χ1n) is 3.34. The highest BCUT2D eigenvalue weighted by Crippen LogP contribution is 1.94. The van der Waals surface area contributed by atoms with Gasteiger partial charge in [0.2, 0.25) is 11.8 Å². The number of carbonyl (C=O) groups excluding carboxylic acids is 2. The highest BCUT2D eigenvalue weighted by molar-refractivity contribution is 7.78. The third-order valence-electron chi connectivity index (χ3n) is 1.21. The van der Waals surface area contributed by atoms with E-state index < -0.39 is 0 Å². The molecule has 0 aliphatic rings. The molecule has 0 radical (unpaired) electrons. The first-order chi connectivity index (χ1) is 5.20. The van der Waals surface area contributed by atoms with Crippen LogP contribution in [0, 0.1) is 0 Å². The minimum atomic E-state index is -0.155. The summed E-state index contributed by atoms with van der Waals surface area (Å²) in [4.78, 5) is 21.2. The Bertz CT molecular complexity index is 134. The Morgan fingerprint density at radius 3 is 2.27 bits per heavy atom. The normalized spacial score (nSPS) is 8.91. The molecule has 0 spiro atoms. The van der Waals surface area contributed by atoms with E-state index in [4.69, 9.17) is 0 Å². The lowest BCUT2D eigenvalue weighted by Gasteiger charge is -1.98. The lowest BCUT2D eigenvalue weighted by Crippen LogP contribution is -2.18. The Hall–Kier alpha value is -0.710. The van der Waals surface area contributed by atoms with Gasteiger partial charge in [0.1, 0.15) is 0 Å². The second kappa shape index (κ2) is 6.03. The lowest BCUT2D eigenvalue weighted by atomic mass is 10.2. The van der Waals surface area contributed by atoms with Crippen LogP contribution in [-0.4, -0.2) is 18.9 Å². The number of thiol groups is 1. The van der Waals surface area contributed by atoms with Gasteiger partial charge in [-0.05, 0) is 6.42 Å². The Kier molecular flexibility index (Phi) is 5.64. The molecule has 0 bridgehead atoms. The Labute approximate surface area is 71.3 Å². The van der Waals surface area contributed by atoms with E-state index in [9.17, 15) is 9.59 Å². The minimum absolute atomic E-state index is 0.0445.